The molecule has 0 aliphatic heterocycles. The van der Waals surface area contributed by atoms with Gasteiger partial charge in [0, 0.05) is 45.7 Å². The van der Waals surface area contributed by atoms with Gasteiger partial charge >= 0.3 is 0 Å². The maximum absolute atomic E-state index is 10.9. The fraction of sp³-hybridized carbons (Fsp3) is 0. The van der Waals surface area contributed by atoms with Crippen LogP contribution >= 0.6 is 11.3 Å². The number of carbonyl (C=O) groups excluding carboxylic acids is 1. The SMILES string of the molecule is O=Cc1ccc(-c2cc(-c3ccncc3)sc2-c2ccncc2)cc1. The maximum Gasteiger partial charge on any atom is 0.150 e. The van der Waals surface area contributed by atoms with Crippen LogP contribution in [-0.2, 0) is 0 Å². The third-order valence-electron chi connectivity index (χ3n) is 4.00. The van der Waals surface area contributed by atoms with Crippen molar-refractivity contribution in [2.45, 2.75) is 0 Å². The molecule has 0 aliphatic carbocycles. The molecule has 4 aromatic rings. The Morgan fingerprint density at radius 3 is 1.92 bits per heavy atom. The Balaban J connectivity index is 1.88. The van der Waals surface area contributed by atoms with Gasteiger partial charge in [-0.3, -0.25) is 14.8 Å². The average molecular weight is 342 g/mol. The summed E-state index contributed by atoms with van der Waals surface area (Å²) in [6, 6.07) is 18.0. The lowest BCUT2D eigenvalue weighted by atomic mass is 10.0. The van der Waals surface area contributed by atoms with Crippen LogP contribution in [0.4, 0.5) is 0 Å². The molecule has 0 fully saturated rings. The summed E-state index contributed by atoms with van der Waals surface area (Å²) in [5.41, 5.74) is 5.20. The highest BCUT2D eigenvalue weighted by Gasteiger charge is 2.14. The average Bonchev–Trinajstić information content (AvgIpc) is 3.15. The van der Waals surface area contributed by atoms with Gasteiger partial charge in [-0.1, -0.05) is 24.3 Å². The minimum absolute atomic E-state index is 0.679. The van der Waals surface area contributed by atoms with Crippen LogP contribution < -0.4 is 0 Å². The lowest BCUT2D eigenvalue weighted by Crippen LogP contribution is -1.82. The van der Waals surface area contributed by atoms with Crippen LogP contribution in [0.15, 0.2) is 79.4 Å². The summed E-state index contributed by atoms with van der Waals surface area (Å²) in [4.78, 5) is 21.5. The highest BCUT2D eigenvalue weighted by atomic mass is 32.1. The van der Waals surface area contributed by atoms with E-state index in [0.717, 1.165) is 28.5 Å². The number of thiophene rings is 1. The van der Waals surface area contributed by atoms with Crippen LogP contribution in [0, 0.1) is 0 Å². The van der Waals surface area contributed by atoms with Gasteiger partial charge in [0.05, 0.1) is 0 Å². The van der Waals surface area contributed by atoms with Crippen molar-refractivity contribution in [3.63, 3.8) is 0 Å². The standard InChI is InChI=1S/C21H14N2OS/c24-14-15-1-3-16(4-2-15)19-13-20(17-5-9-22-10-6-17)25-21(19)18-7-11-23-12-8-18/h1-14H. The van der Waals surface area contributed by atoms with E-state index in [4.69, 9.17) is 0 Å². The molecule has 25 heavy (non-hydrogen) atoms. The number of aromatic nitrogens is 2. The third kappa shape index (κ3) is 3.12. The van der Waals surface area contributed by atoms with E-state index in [1.54, 1.807) is 36.1 Å². The van der Waals surface area contributed by atoms with Crippen molar-refractivity contribution < 1.29 is 4.79 Å². The molecule has 4 rings (SSSR count). The highest BCUT2D eigenvalue weighted by molar-refractivity contribution is 7.19. The number of benzene rings is 1. The summed E-state index contributed by atoms with van der Waals surface area (Å²) >= 11 is 1.75. The van der Waals surface area contributed by atoms with Crippen LogP contribution in [0.5, 0.6) is 0 Å². The Labute approximate surface area is 149 Å². The normalized spacial score (nSPS) is 10.6. The largest absolute Gasteiger partial charge is 0.298 e. The van der Waals surface area contributed by atoms with Gasteiger partial charge in [0.1, 0.15) is 6.29 Å². The molecule has 3 nitrogen and oxygen atoms in total. The molecule has 120 valence electrons. The minimum atomic E-state index is 0.679. The zero-order valence-corrected chi connectivity index (χ0v) is 14.1. The number of aldehydes is 1. The van der Waals surface area contributed by atoms with Crippen molar-refractivity contribution in [3.8, 4) is 32.0 Å². The Kier molecular flexibility index (Phi) is 4.19. The molecule has 0 saturated heterocycles. The predicted molar refractivity (Wildman–Crippen MR) is 102 cm³/mol. The van der Waals surface area contributed by atoms with Crippen LogP contribution in [0.3, 0.4) is 0 Å². The predicted octanol–water partition coefficient (Wildman–Crippen LogP) is 5.35. The number of pyridine rings is 2. The molecule has 0 unspecified atom stereocenters. The Morgan fingerprint density at radius 1 is 0.720 bits per heavy atom. The second-order valence-corrected chi connectivity index (χ2v) is 6.62. The maximum atomic E-state index is 10.9. The number of carbonyl (C=O) groups is 1. The smallest absolute Gasteiger partial charge is 0.150 e. The first kappa shape index (κ1) is 15.4. The van der Waals surface area contributed by atoms with Gasteiger partial charge in [0.2, 0.25) is 0 Å². The molecule has 3 aromatic heterocycles. The monoisotopic (exact) mass is 342 g/mol. The molecule has 3 heterocycles. The summed E-state index contributed by atoms with van der Waals surface area (Å²) in [5, 5.41) is 0. The van der Waals surface area contributed by atoms with Gasteiger partial charge < -0.3 is 0 Å². The van der Waals surface area contributed by atoms with Gasteiger partial charge in [-0.05, 0) is 47.0 Å². The Morgan fingerprint density at radius 2 is 1.32 bits per heavy atom. The number of hydrogen-bond acceptors (Lipinski definition) is 4. The van der Waals surface area contributed by atoms with Gasteiger partial charge in [-0.15, -0.1) is 11.3 Å². The molecule has 0 saturated carbocycles. The summed E-state index contributed by atoms with van der Waals surface area (Å²) in [6.07, 6.45) is 8.09. The molecule has 0 radical (unpaired) electrons. The van der Waals surface area contributed by atoms with Crippen molar-refractivity contribution in [3.05, 3.63) is 84.9 Å². The van der Waals surface area contributed by atoms with Crippen LogP contribution in [0.2, 0.25) is 0 Å². The van der Waals surface area contributed by atoms with Crippen molar-refractivity contribution in [1.82, 2.24) is 9.97 Å². The number of rotatable bonds is 4. The van der Waals surface area contributed by atoms with Gasteiger partial charge in [0.25, 0.3) is 0 Å². The summed E-state index contributed by atoms with van der Waals surface area (Å²) in [6.45, 7) is 0. The Hall–Kier alpha value is -3.11. The lowest BCUT2D eigenvalue weighted by molar-refractivity contribution is 0.112. The van der Waals surface area contributed by atoms with E-state index in [2.05, 4.69) is 16.0 Å². The van der Waals surface area contributed by atoms with Crippen molar-refractivity contribution in [2.24, 2.45) is 0 Å². The summed E-state index contributed by atoms with van der Waals surface area (Å²) < 4.78 is 0. The molecular formula is C21H14N2OS. The summed E-state index contributed by atoms with van der Waals surface area (Å²) in [7, 11) is 0. The first-order valence-corrected chi connectivity index (χ1v) is 8.67. The van der Waals surface area contributed by atoms with Crippen LogP contribution in [0.1, 0.15) is 10.4 Å². The van der Waals surface area contributed by atoms with E-state index < -0.39 is 0 Å². The van der Waals surface area contributed by atoms with Crippen molar-refractivity contribution >= 4 is 17.6 Å². The minimum Gasteiger partial charge on any atom is -0.298 e. The fourth-order valence-corrected chi connectivity index (χ4v) is 3.91. The third-order valence-corrected chi connectivity index (χ3v) is 5.23. The molecule has 0 bridgehead atoms. The lowest BCUT2D eigenvalue weighted by Gasteiger charge is -2.04. The highest BCUT2D eigenvalue weighted by Crippen LogP contribution is 2.43. The molecular weight excluding hydrogens is 328 g/mol. The molecule has 0 amide bonds. The zero-order chi connectivity index (χ0) is 17.1. The number of nitrogens with zero attached hydrogens (tertiary/aromatic N) is 2. The molecule has 0 aliphatic rings. The molecule has 4 heteroatoms. The van der Waals surface area contributed by atoms with Crippen molar-refractivity contribution in [1.29, 1.82) is 0 Å². The van der Waals surface area contributed by atoms with E-state index in [9.17, 15) is 4.79 Å². The van der Waals surface area contributed by atoms with Gasteiger partial charge in [-0.25, -0.2) is 0 Å². The first-order valence-electron chi connectivity index (χ1n) is 7.85. The molecule has 0 N–H and O–H groups in total. The number of hydrogen-bond donors (Lipinski definition) is 0. The van der Waals surface area contributed by atoms with E-state index >= 15 is 0 Å². The molecule has 1 aromatic carbocycles. The van der Waals surface area contributed by atoms with E-state index in [-0.39, 0.29) is 0 Å². The zero-order valence-electron chi connectivity index (χ0n) is 13.3. The topological polar surface area (TPSA) is 42.9 Å². The van der Waals surface area contributed by atoms with Crippen LogP contribution in [-0.4, -0.2) is 16.3 Å². The second-order valence-electron chi connectivity index (χ2n) is 5.57. The molecule has 0 spiro atoms. The summed E-state index contributed by atoms with van der Waals surface area (Å²) in [5.74, 6) is 0. The second kappa shape index (κ2) is 6.79. The molecule has 0 atom stereocenters. The van der Waals surface area contributed by atoms with E-state index in [1.807, 2.05) is 48.5 Å². The van der Waals surface area contributed by atoms with Crippen molar-refractivity contribution in [2.75, 3.05) is 0 Å². The quantitative estimate of drug-likeness (QED) is 0.469. The van der Waals surface area contributed by atoms with Crippen LogP contribution in [0.25, 0.3) is 32.0 Å². The van der Waals surface area contributed by atoms with E-state index in [0.29, 0.717) is 5.56 Å². The fourth-order valence-electron chi connectivity index (χ4n) is 2.72. The van der Waals surface area contributed by atoms with E-state index in [1.165, 1.54) is 9.75 Å². The van der Waals surface area contributed by atoms with Gasteiger partial charge in [-0.2, -0.15) is 0 Å². The first-order chi connectivity index (χ1) is 12.3. The van der Waals surface area contributed by atoms with Gasteiger partial charge in [0.15, 0.2) is 0 Å². The Bertz CT molecular complexity index is 993.